The van der Waals surface area contributed by atoms with E-state index in [1.54, 1.807) is 0 Å². The molecule has 0 amide bonds. The molecule has 2 N–H and O–H groups in total. The number of para-hydroxylation sites is 1. The Hall–Kier alpha value is -1.28. The maximum Gasteiger partial charge on any atom is 0.0660 e. The second-order valence-corrected chi connectivity index (χ2v) is 6.59. The first-order chi connectivity index (χ1) is 9.43. The number of aliphatic hydroxyl groups is 1. The van der Waals surface area contributed by atoms with E-state index in [2.05, 4.69) is 43.2 Å². The van der Waals surface area contributed by atoms with Gasteiger partial charge in [0.1, 0.15) is 0 Å². The molecule has 2 rings (SSSR count). The molecular formula is C18H27NO. The van der Waals surface area contributed by atoms with E-state index in [1.807, 2.05) is 19.9 Å². The van der Waals surface area contributed by atoms with Crippen LogP contribution >= 0.6 is 0 Å². The Morgan fingerprint density at radius 3 is 2.55 bits per heavy atom. The molecule has 110 valence electrons. The van der Waals surface area contributed by atoms with Crippen molar-refractivity contribution in [2.24, 2.45) is 5.92 Å². The van der Waals surface area contributed by atoms with Crippen molar-refractivity contribution in [3.05, 3.63) is 36.0 Å². The van der Waals surface area contributed by atoms with E-state index in [9.17, 15) is 5.11 Å². The van der Waals surface area contributed by atoms with Gasteiger partial charge in [-0.05, 0) is 37.8 Å². The molecule has 1 aromatic carbocycles. The Morgan fingerprint density at radius 1 is 1.20 bits per heavy atom. The smallest absolute Gasteiger partial charge is 0.0660 e. The van der Waals surface area contributed by atoms with Gasteiger partial charge in [0.15, 0.2) is 0 Å². The van der Waals surface area contributed by atoms with E-state index in [0.29, 0.717) is 5.92 Å². The molecule has 0 saturated carbocycles. The third-order valence-electron chi connectivity index (χ3n) is 4.49. The summed E-state index contributed by atoms with van der Waals surface area (Å²) in [4.78, 5) is 3.33. The summed E-state index contributed by atoms with van der Waals surface area (Å²) in [5.41, 5.74) is 1.70. The molecule has 1 aromatic heterocycles. The van der Waals surface area contributed by atoms with Gasteiger partial charge >= 0.3 is 0 Å². The van der Waals surface area contributed by atoms with Crippen LogP contribution in [-0.2, 0) is 0 Å². The maximum absolute atomic E-state index is 10.6. The normalized spacial score (nSPS) is 15.4. The first-order valence-corrected chi connectivity index (χ1v) is 7.71. The largest absolute Gasteiger partial charge is 0.390 e. The number of H-pyrrole nitrogens is 1. The standard InChI is InChI=1S/C18H27NO/c1-5-13(2)10-11-16(18(3,4)20)15-12-19-17-9-7-6-8-14(15)17/h6-9,12-13,16,19-20H,5,10-11H2,1-4H3. The highest BCUT2D eigenvalue weighted by molar-refractivity contribution is 5.83. The molecule has 0 aliphatic rings. The lowest BCUT2D eigenvalue weighted by Gasteiger charge is -2.30. The van der Waals surface area contributed by atoms with Crippen molar-refractivity contribution >= 4 is 10.9 Å². The second-order valence-electron chi connectivity index (χ2n) is 6.59. The zero-order valence-electron chi connectivity index (χ0n) is 13.1. The second kappa shape index (κ2) is 6.01. The molecule has 0 spiro atoms. The summed E-state index contributed by atoms with van der Waals surface area (Å²) in [6, 6.07) is 8.34. The fourth-order valence-electron chi connectivity index (χ4n) is 2.93. The van der Waals surface area contributed by atoms with Crippen molar-refractivity contribution in [2.45, 2.75) is 58.5 Å². The number of aromatic amines is 1. The lowest BCUT2D eigenvalue weighted by atomic mass is 9.79. The number of fused-ring (bicyclic) bond motifs is 1. The number of rotatable bonds is 6. The molecule has 2 heteroatoms. The van der Waals surface area contributed by atoms with Gasteiger partial charge in [-0.25, -0.2) is 0 Å². The number of aromatic nitrogens is 1. The molecule has 2 nitrogen and oxygen atoms in total. The van der Waals surface area contributed by atoms with E-state index in [0.717, 1.165) is 18.4 Å². The van der Waals surface area contributed by atoms with Crippen LogP contribution in [0.25, 0.3) is 10.9 Å². The van der Waals surface area contributed by atoms with Gasteiger partial charge in [-0.2, -0.15) is 0 Å². The molecule has 2 aromatic rings. The summed E-state index contributed by atoms with van der Waals surface area (Å²) in [5.74, 6) is 0.887. The van der Waals surface area contributed by atoms with E-state index >= 15 is 0 Å². The van der Waals surface area contributed by atoms with Crippen molar-refractivity contribution in [2.75, 3.05) is 0 Å². The molecule has 0 radical (unpaired) electrons. The Kier molecular flexibility index (Phi) is 4.54. The van der Waals surface area contributed by atoms with E-state index in [-0.39, 0.29) is 5.92 Å². The zero-order chi connectivity index (χ0) is 14.8. The minimum Gasteiger partial charge on any atom is -0.390 e. The quantitative estimate of drug-likeness (QED) is 0.775. The average Bonchev–Trinajstić information content (AvgIpc) is 2.81. The van der Waals surface area contributed by atoms with E-state index in [1.165, 1.54) is 17.4 Å². The number of hydrogen-bond acceptors (Lipinski definition) is 1. The molecule has 20 heavy (non-hydrogen) atoms. The van der Waals surface area contributed by atoms with Gasteiger partial charge in [-0.3, -0.25) is 0 Å². The van der Waals surface area contributed by atoms with Crippen LogP contribution in [0.1, 0.15) is 58.4 Å². The van der Waals surface area contributed by atoms with Gasteiger partial charge in [0.2, 0.25) is 0 Å². The predicted octanol–water partition coefficient (Wildman–Crippen LogP) is 4.85. The van der Waals surface area contributed by atoms with Gasteiger partial charge in [0.05, 0.1) is 5.60 Å². The van der Waals surface area contributed by atoms with Gasteiger partial charge in [-0.1, -0.05) is 44.9 Å². The van der Waals surface area contributed by atoms with Crippen LogP contribution in [0, 0.1) is 5.92 Å². The summed E-state index contributed by atoms with van der Waals surface area (Å²) >= 11 is 0. The summed E-state index contributed by atoms with van der Waals surface area (Å²) in [5, 5.41) is 11.8. The Morgan fingerprint density at radius 2 is 1.90 bits per heavy atom. The lowest BCUT2D eigenvalue weighted by Crippen LogP contribution is -2.29. The van der Waals surface area contributed by atoms with Gasteiger partial charge < -0.3 is 10.1 Å². The summed E-state index contributed by atoms with van der Waals surface area (Å²) in [6.07, 6.45) is 5.46. The molecule has 0 bridgehead atoms. The van der Waals surface area contributed by atoms with Crippen LogP contribution in [0.5, 0.6) is 0 Å². The topological polar surface area (TPSA) is 36.0 Å². The summed E-state index contributed by atoms with van der Waals surface area (Å²) < 4.78 is 0. The van der Waals surface area contributed by atoms with Crippen LogP contribution in [0.3, 0.4) is 0 Å². The molecule has 0 saturated heterocycles. The maximum atomic E-state index is 10.6. The van der Waals surface area contributed by atoms with Gasteiger partial charge in [0, 0.05) is 23.0 Å². The SMILES string of the molecule is CCC(C)CCC(c1c[nH]c2ccccc12)C(C)(C)O. The predicted molar refractivity (Wildman–Crippen MR) is 86.0 cm³/mol. The third-order valence-corrected chi connectivity index (χ3v) is 4.49. The van der Waals surface area contributed by atoms with E-state index < -0.39 is 5.60 Å². The Balaban J connectivity index is 2.31. The molecular weight excluding hydrogens is 246 g/mol. The zero-order valence-corrected chi connectivity index (χ0v) is 13.1. The van der Waals surface area contributed by atoms with Crippen molar-refractivity contribution in [3.63, 3.8) is 0 Å². The first-order valence-electron chi connectivity index (χ1n) is 7.71. The van der Waals surface area contributed by atoms with Crippen LogP contribution in [0.15, 0.2) is 30.5 Å². The first kappa shape index (κ1) is 15.1. The van der Waals surface area contributed by atoms with Crippen molar-refractivity contribution in [1.82, 2.24) is 4.98 Å². The molecule has 2 unspecified atom stereocenters. The summed E-state index contributed by atoms with van der Waals surface area (Å²) in [7, 11) is 0. The van der Waals surface area contributed by atoms with Crippen LogP contribution in [-0.4, -0.2) is 15.7 Å². The number of hydrogen-bond donors (Lipinski definition) is 2. The highest BCUT2D eigenvalue weighted by Gasteiger charge is 2.30. The molecule has 0 aliphatic heterocycles. The minimum atomic E-state index is -0.696. The highest BCUT2D eigenvalue weighted by atomic mass is 16.3. The Bertz CT molecular complexity index is 550. The fraction of sp³-hybridized carbons (Fsp3) is 0.556. The highest BCUT2D eigenvalue weighted by Crippen LogP contribution is 2.37. The van der Waals surface area contributed by atoms with Gasteiger partial charge in [-0.15, -0.1) is 0 Å². The molecule has 0 fully saturated rings. The van der Waals surface area contributed by atoms with Crippen LogP contribution in [0.2, 0.25) is 0 Å². The average molecular weight is 273 g/mol. The number of benzene rings is 1. The van der Waals surface area contributed by atoms with E-state index in [4.69, 9.17) is 0 Å². The van der Waals surface area contributed by atoms with Crippen LogP contribution < -0.4 is 0 Å². The molecule has 1 heterocycles. The number of nitrogens with one attached hydrogen (secondary N) is 1. The minimum absolute atomic E-state index is 0.174. The van der Waals surface area contributed by atoms with Gasteiger partial charge in [0.25, 0.3) is 0 Å². The monoisotopic (exact) mass is 273 g/mol. The van der Waals surface area contributed by atoms with Crippen molar-refractivity contribution < 1.29 is 5.11 Å². The Labute approximate surface area is 122 Å². The van der Waals surface area contributed by atoms with Crippen molar-refractivity contribution in [1.29, 1.82) is 0 Å². The molecule has 2 atom stereocenters. The van der Waals surface area contributed by atoms with Crippen molar-refractivity contribution in [3.8, 4) is 0 Å². The fourth-order valence-corrected chi connectivity index (χ4v) is 2.93. The lowest BCUT2D eigenvalue weighted by molar-refractivity contribution is 0.0449. The third kappa shape index (κ3) is 3.24. The summed E-state index contributed by atoms with van der Waals surface area (Å²) in [6.45, 7) is 8.37. The molecule has 0 aliphatic carbocycles. The van der Waals surface area contributed by atoms with Crippen LogP contribution in [0.4, 0.5) is 0 Å².